The molecule has 10 aromatic carbocycles. The Labute approximate surface area is 834 Å². The highest BCUT2D eigenvalue weighted by atomic mass is 35.5. The van der Waals surface area contributed by atoms with E-state index in [2.05, 4.69) is 156 Å². The van der Waals surface area contributed by atoms with Crippen molar-refractivity contribution in [2.45, 2.75) is 152 Å². The third-order valence-corrected chi connectivity index (χ3v) is 24.3. The van der Waals surface area contributed by atoms with Gasteiger partial charge in [-0.2, -0.15) is 20.2 Å². The largest absolute Gasteiger partial charge is 0.496 e. The number of rotatable bonds is 35. The molecule has 29 heteroatoms. The maximum absolute atomic E-state index is 13.5. The number of aryl methyl sites for hydroxylation is 3. The molecular weight excluding hydrogens is 1830 g/mol. The fraction of sp³-hybridized carbons (Fsp3) is 0.232. The van der Waals surface area contributed by atoms with E-state index < -0.39 is 0 Å². The van der Waals surface area contributed by atoms with Crippen molar-refractivity contribution >= 4 is 57.7 Å². The van der Waals surface area contributed by atoms with Gasteiger partial charge in [0.05, 0.1) is 90.2 Å². The summed E-state index contributed by atoms with van der Waals surface area (Å²) in [5.74, 6) is 5.98. The molecule has 7 aromatic heterocycles. The minimum atomic E-state index is -0.260. The summed E-state index contributed by atoms with van der Waals surface area (Å²) >= 11 is 9.27. The van der Waals surface area contributed by atoms with Crippen LogP contribution in [0.4, 0.5) is 10.1 Å². The van der Waals surface area contributed by atoms with Gasteiger partial charge in [0.2, 0.25) is 29.4 Å². The number of anilines is 1. The molecule has 1 atom stereocenters. The number of hydrogen-bond acceptors (Lipinski definition) is 24. The zero-order valence-corrected chi connectivity index (χ0v) is 83.1. The van der Waals surface area contributed by atoms with Crippen LogP contribution in [0.3, 0.4) is 0 Å². The predicted octanol–water partition coefficient (Wildman–Crippen LogP) is 24.3. The van der Waals surface area contributed by atoms with Crippen LogP contribution in [0.5, 0.6) is 11.5 Å². The molecule has 1 N–H and O–H groups in total. The van der Waals surface area contributed by atoms with Crippen molar-refractivity contribution in [2.24, 2.45) is 0 Å². The summed E-state index contributed by atoms with van der Waals surface area (Å²) < 4.78 is 51.6. The second kappa shape index (κ2) is 52.1. The van der Waals surface area contributed by atoms with Gasteiger partial charge < -0.3 is 47.3 Å². The Morgan fingerprint density at radius 2 is 1.04 bits per heavy atom. The third kappa shape index (κ3) is 32.3. The molecule has 722 valence electrons. The van der Waals surface area contributed by atoms with Crippen LogP contribution in [-0.2, 0) is 100 Å². The van der Waals surface area contributed by atoms with Crippen LogP contribution in [0, 0.1) is 37.9 Å². The number of halogens is 2. The number of carbonyl (C=O) groups excluding carboxylic acids is 3. The number of pyridine rings is 1. The van der Waals surface area contributed by atoms with E-state index in [1.807, 2.05) is 215 Å². The van der Waals surface area contributed by atoms with Crippen LogP contribution in [0.25, 0.3) is 22.8 Å². The number of nitriles is 1. The van der Waals surface area contributed by atoms with Gasteiger partial charge in [-0.25, -0.2) is 9.37 Å². The lowest BCUT2D eigenvalue weighted by Gasteiger charge is -2.28. The van der Waals surface area contributed by atoms with Crippen LogP contribution >= 0.6 is 34.3 Å². The first kappa shape index (κ1) is 103. The van der Waals surface area contributed by atoms with Crippen molar-refractivity contribution in [2.75, 3.05) is 26.6 Å². The number of thiophene rings is 2. The summed E-state index contributed by atoms with van der Waals surface area (Å²) in [5.41, 5.74) is 15.0. The van der Waals surface area contributed by atoms with Gasteiger partial charge in [-0.05, 0) is 205 Å². The van der Waals surface area contributed by atoms with Gasteiger partial charge in [-0.15, -0.1) is 22.7 Å². The maximum Gasteiger partial charge on any atom is 0.257 e. The number of carbonyl (C=O) groups is 3. The van der Waals surface area contributed by atoms with Gasteiger partial charge >= 0.3 is 0 Å². The topological polar surface area (TPSA) is 287 Å². The van der Waals surface area contributed by atoms with Gasteiger partial charge in [-0.1, -0.05) is 211 Å². The van der Waals surface area contributed by atoms with Crippen molar-refractivity contribution in [3.05, 3.63) is 442 Å². The second-order valence-electron chi connectivity index (χ2n) is 34.5. The Bertz CT molecular complexity index is 6800. The van der Waals surface area contributed by atoms with Gasteiger partial charge in [0.25, 0.3) is 17.7 Å². The van der Waals surface area contributed by atoms with E-state index in [9.17, 15) is 18.8 Å². The highest BCUT2D eigenvalue weighted by Gasteiger charge is 2.27. The zero-order valence-electron chi connectivity index (χ0n) is 80.7. The number of nitrogens with zero attached hydrogens (tertiary/aromatic N) is 14. The van der Waals surface area contributed by atoms with Crippen molar-refractivity contribution in [1.29, 1.82) is 5.26 Å². The lowest BCUT2D eigenvalue weighted by molar-refractivity contribution is -0.114. The minimum absolute atomic E-state index is 0.00160. The summed E-state index contributed by atoms with van der Waals surface area (Å²) in [6.45, 7) is 23.3. The fourth-order valence-electron chi connectivity index (χ4n) is 15.2. The number of aromatic nitrogens is 8. The summed E-state index contributed by atoms with van der Waals surface area (Å²) in [5, 5.41) is 28.2. The number of ether oxygens (including phenoxy) is 3. The zero-order chi connectivity index (χ0) is 99.4. The van der Waals surface area contributed by atoms with Gasteiger partial charge in [0.1, 0.15) is 23.1 Å². The molecule has 0 aliphatic heterocycles. The lowest BCUT2D eigenvalue weighted by atomic mass is 9.94. The van der Waals surface area contributed by atoms with Crippen molar-refractivity contribution in [3.63, 3.8) is 0 Å². The van der Waals surface area contributed by atoms with Gasteiger partial charge in [0, 0.05) is 118 Å². The monoisotopic (exact) mass is 1950 g/mol. The molecule has 3 amide bonds. The number of methoxy groups -OCH3 is 3. The highest BCUT2D eigenvalue weighted by Crippen LogP contribution is 2.32. The number of oxazole rings is 1. The van der Waals surface area contributed by atoms with E-state index in [1.54, 1.807) is 100 Å². The normalized spacial score (nSPS) is 11.2. The Balaban J connectivity index is 0.000000149. The number of nitrogens with one attached hydrogen (secondary N) is 1. The molecule has 0 fully saturated rings. The van der Waals surface area contributed by atoms with Gasteiger partial charge in [-0.3, -0.25) is 34.1 Å². The standard InChI is InChI=1S/C26H25ClN4O2.C23H21N3O3S.C22H27N3O.C22H23NO3S.C19H17FN4O/c1-18(22-9-6-10-24(15-22)28-19(2)32)31(16-20-7-4-3-5-8-20)17-25-29-26(30-33-25)21-11-13-23(27)14-12-21;1-16-24-22(29-25-16)17-9-11-18(12-10-17)23(27)26(15-20-7-5-13-30-20)14-19-6-3-4-8-21(19)28-2;1-17-8-7-9-18(12-17)14-25(15-19-10-5-6-11-23-19)16-21-24-13-20(26-21)22(2,3)4;1-25-16-17-9-11-18(12-10-17)22(24)23(15-20-7-5-13-27-20)14-19-6-3-4-8-21(19)26-2;1-14-22-19(25-23-14)13-24(12-17-3-2-4-18(20)9-17)11-16-7-5-15(10-21)6-8-16/h3-15,18H,16-17H2,1-2H3,(H,28,32);3-13H,14-15H2,1-2H3;5-13H,14-16H2,1-4H3;3-13H,14-16H2,1-2H3;2-9H,11-13H2,1H3. The van der Waals surface area contributed by atoms with Crippen LogP contribution in [0.2, 0.25) is 5.02 Å². The number of para-hydroxylation sites is 2. The maximum atomic E-state index is 13.5. The average molecular weight is 1950 g/mol. The van der Waals surface area contributed by atoms with Crippen LogP contribution in [0.1, 0.15) is 168 Å². The molecule has 0 spiro atoms. The minimum Gasteiger partial charge on any atom is -0.496 e. The molecule has 25 nitrogen and oxygen atoms in total. The Morgan fingerprint density at radius 1 is 0.496 bits per heavy atom. The molecule has 17 rings (SSSR count). The summed E-state index contributed by atoms with van der Waals surface area (Å²) in [7, 11) is 4.95. The molecule has 0 saturated carbocycles. The molecule has 0 aliphatic rings. The van der Waals surface area contributed by atoms with Crippen LogP contribution in [0.15, 0.2) is 332 Å². The summed E-state index contributed by atoms with van der Waals surface area (Å²) in [4.78, 5) is 72.7. The average Bonchev–Trinajstić information content (AvgIpc) is 1.78. The van der Waals surface area contributed by atoms with E-state index in [0.717, 1.165) is 102 Å². The molecule has 17 aromatic rings. The molecule has 0 aliphatic carbocycles. The first-order valence-corrected chi connectivity index (χ1v) is 48.0. The molecule has 0 saturated heterocycles. The summed E-state index contributed by atoms with van der Waals surface area (Å²) in [6.07, 6.45) is 3.68. The molecule has 141 heavy (non-hydrogen) atoms. The summed E-state index contributed by atoms with van der Waals surface area (Å²) in [6, 6.07) is 94.7. The van der Waals surface area contributed by atoms with Crippen molar-refractivity contribution < 1.29 is 51.0 Å². The molecule has 7 heterocycles. The van der Waals surface area contributed by atoms with E-state index in [0.29, 0.717) is 129 Å². The van der Waals surface area contributed by atoms with Gasteiger partial charge in [0.15, 0.2) is 11.6 Å². The molecule has 1 unspecified atom stereocenters. The van der Waals surface area contributed by atoms with Crippen molar-refractivity contribution in [1.82, 2.24) is 64.9 Å². The fourth-order valence-corrected chi connectivity index (χ4v) is 16.8. The van der Waals surface area contributed by atoms with Crippen molar-refractivity contribution in [3.8, 4) is 40.4 Å². The second-order valence-corrected chi connectivity index (χ2v) is 37.0. The van der Waals surface area contributed by atoms with Crippen LogP contribution in [-0.4, -0.2) is 104 Å². The Hall–Kier alpha value is -15.1. The van der Waals surface area contributed by atoms with E-state index in [-0.39, 0.29) is 35.0 Å². The number of benzene rings is 10. The van der Waals surface area contributed by atoms with Crippen LogP contribution < -0.4 is 14.8 Å². The quantitative estimate of drug-likeness (QED) is 0.0386. The predicted molar refractivity (Wildman–Crippen MR) is 546 cm³/mol. The van der Waals surface area contributed by atoms with E-state index >= 15 is 0 Å². The first-order chi connectivity index (χ1) is 68.3. The first-order valence-electron chi connectivity index (χ1n) is 45.8. The smallest absolute Gasteiger partial charge is 0.257 e. The molecular formula is C112H113ClFN15O10S2. The lowest BCUT2D eigenvalue weighted by Crippen LogP contribution is -2.30. The SMILES string of the molecule is CC(=O)Nc1cccc(C(C)N(Cc2ccccc2)Cc2nc(-c3ccc(Cl)cc3)no2)c1.COCc1ccc(C(=O)N(Cc2cccs2)Cc2ccccc2OC)cc1.COc1ccccc1CN(Cc1cccs1)C(=O)c1ccc(-c2nc(C)no2)cc1.Cc1cccc(CN(Cc2ccccn2)Cc2ncc(C(C)(C)C)o2)c1.Cc1noc(CN(Cc2ccc(C#N)cc2)Cc2cccc(F)c2)n1. The number of amides is 3. The third-order valence-electron chi connectivity index (χ3n) is 22.3. The Morgan fingerprint density at radius 3 is 1.60 bits per heavy atom. The van der Waals surface area contributed by atoms with E-state index in [4.69, 9.17) is 49.1 Å². The molecule has 0 radical (unpaired) electrons. The van der Waals surface area contributed by atoms with E-state index in [1.165, 1.54) is 35.7 Å². The number of hydrogen-bond donors (Lipinski definition) is 1. The molecule has 0 bridgehead atoms. The Kier molecular flexibility index (Phi) is 38.2. The highest BCUT2D eigenvalue weighted by molar-refractivity contribution is 7.10.